The highest BCUT2D eigenvalue weighted by Gasteiger charge is 2.36. The first-order valence-corrected chi connectivity index (χ1v) is 13.1. The molecule has 10 heteroatoms. The van der Waals surface area contributed by atoms with Crippen LogP contribution in [0.5, 0.6) is 0 Å². The first-order chi connectivity index (χ1) is 15.4. The Labute approximate surface area is 191 Å². The molecule has 1 aromatic heterocycles. The number of rotatable bonds is 2. The lowest BCUT2D eigenvalue weighted by Crippen LogP contribution is -2.53. The Kier molecular flexibility index (Phi) is 5.50. The van der Waals surface area contributed by atoms with E-state index >= 15 is 0 Å². The molecular formula is C22H24N4O4S2. The molecule has 168 valence electrons. The van der Waals surface area contributed by atoms with Crippen LogP contribution >= 0.6 is 11.3 Å². The number of carbonyl (C=O) groups excluding carboxylic acids is 2. The quantitative estimate of drug-likeness (QED) is 0.666. The zero-order valence-corrected chi connectivity index (χ0v) is 19.1. The number of amides is 2. The lowest BCUT2D eigenvalue weighted by Gasteiger charge is -2.38. The fraction of sp³-hybridized carbons (Fsp3) is 0.409. The maximum atomic E-state index is 13.1. The summed E-state index contributed by atoms with van der Waals surface area (Å²) in [5, 5.41) is 1.89. The molecule has 0 saturated carbocycles. The minimum Gasteiger partial charge on any atom is -0.355 e. The van der Waals surface area contributed by atoms with E-state index in [-0.39, 0.29) is 22.6 Å². The molecule has 2 amide bonds. The summed E-state index contributed by atoms with van der Waals surface area (Å²) in [6, 6.07) is 10.6. The molecule has 1 aromatic carbocycles. The second-order valence-corrected chi connectivity index (χ2v) is 10.8. The van der Waals surface area contributed by atoms with Gasteiger partial charge in [0, 0.05) is 50.7 Å². The molecule has 2 saturated heterocycles. The van der Waals surface area contributed by atoms with Crippen LogP contribution in [0.3, 0.4) is 0 Å². The van der Waals surface area contributed by atoms with Gasteiger partial charge >= 0.3 is 0 Å². The van der Waals surface area contributed by atoms with Crippen molar-refractivity contribution in [2.45, 2.75) is 17.7 Å². The van der Waals surface area contributed by atoms with Crippen LogP contribution in [0.25, 0.3) is 0 Å². The molecular weight excluding hydrogens is 448 g/mol. The van der Waals surface area contributed by atoms with Gasteiger partial charge in [-0.1, -0.05) is 18.2 Å². The monoisotopic (exact) mass is 472 g/mol. The third-order valence-corrected chi connectivity index (χ3v) is 8.55. The number of likely N-dealkylation sites (tertiary alicyclic amines) is 1. The molecule has 0 bridgehead atoms. The average Bonchev–Trinajstić information content (AvgIpc) is 3.45. The maximum Gasteiger partial charge on any atom is 0.285 e. The van der Waals surface area contributed by atoms with E-state index in [1.54, 1.807) is 18.2 Å². The van der Waals surface area contributed by atoms with Crippen LogP contribution in [-0.2, 0) is 14.8 Å². The Bertz CT molecular complexity index is 1160. The molecule has 0 atom stereocenters. The molecule has 0 radical (unpaired) electrons. The summed E-state index contributed by atoms with van der Waals surface area (Å²) < 4.78 is 28.7. The van der Waals surface area contributed by atoms with Crippen molar-refractivity contribution in [3.8, 4) is 0 Å². The number of hydrogen-bond acceptors (Lipinski definition) is 6. The number of fused-ring (bicyclic) bond motifs is 1. The first-order valence-electron chi connectivity index (χ1n) is 10.7. The van der Waals surface area contributed by atoms with Crippen molar-refractivity contribution < 1.29 is 18.0 Å². The summed E-state index contributed by atoms with van der Waals surface area (Å²) in [7, 11) is -3.64. The standard InChI is InChI=1S/C22H24N4O4S2/c27-21(25-11-13-26(14-12-25)22(28)18-5-3-15-31-18)16-7-9-24(10-8-16)20-17-4-1-2-6-19(17)32(29,30)23-20/h1-6,15-16H,7-14H2. The Morgan fingerprint density at radius 1 is 0.906 bits per heavy atom. The summed E-state index contributed by atoms with van der Waals surface area (Å²) in [4.78, 5) is 32.2. The molecule has 0 unspecified atom stereocenters. The number of hydrogen-bond donors (Lipinski definition) is 0. The molecule has 0 spiro atoms. The number of thiophene rings is 1. The van der Waals surface area contributed by atoms with Gasteiger partial charge in [0.25, 0.3) is 15.9 Å². The van der Waals surface area contributed by atoms with E-state index in [0.29, 0.717) is 63.5 Å². The summed E-state index contributed by atoms with van der Waals surface area (Å²) in [5.41, 5.74) is 0.642. The molecule has 3 aliphatic heterocycles. The van der Waals surface area contributed by atoms with Crippen LogP contribution in [-0.4, -0.2) is 80.0 Å². The SMILES string of the molecule is O=C(c1cccs1)N1CCN(C(=O)C2CCN(C3=NS(=O)(=O)c4ccccc43)CC2)CC1. The highest BCUT2D eigenvalue weighted by molar-refractivity contribution is 7.90. The van der Waals surface area contributed by atoms with Gasteiger partial charge in [-0.3, -0.25) is 9.59 Å². The minimum absolute atomic E-state index is 0.0352. The Morgan fingerprint density at radius 3 is 2.28 bits per heavy atom. The van der Waals surface area contributed by atoms with Gasteiger partial charge in [0.2, 0.25) is 5.91 Å². The fourth-order valence-corrected chi connectivity index (χ4v) is 6.52. The van der Waals surface area contributed by atoms with E-state index in [2.05, 4.69) is 4.40 Å². The van der Waals surface area contributed by atoms with E-state index in [1.165, 1.54) is 11.3 Å². The topological polar surface area (TPSA) is 90.4 Å². The second-order valence-electron chi connectivity index (χ2n) is 8.24. The van der Waals surface area contributed by atoms with Crippen LogP contribution < -0.4 is 0 Å². The van der Waals surface area contributed by atoms with E-state index in [1.807, 2.05) is 38.3 Å². The maximum absolute atomic E-state index is 13.1. The summed E-state index contributed by atoms with van der Waals surface area (Å²) in [5.74, 6) is 0.578. The fourth-order valence-electron chi connectivity index (χ4n) is 4.60. The zero-order chi connectivity index (χ0) is 22.3. The summed E-state index contributed by atoms with van der Waals surface area (Å²) in [6.07, 6.45) is 1.32. The summed E-state index contributed by atoms with van der Waals surface area (Å²) in [6.45, 7) is 3.38. The predicted molar refractivity (Wildman–Crippen MR) is 121 cm³/mol. The number of piperazine rings is 1. The molecule has 5 rings (SSSR count). The third kappa shape index (κ3) is 3.81. The van der Waals surface area contributed by atoms with Crippen molar-refractivity contribution in [3.63, 3.8) is 0 Å². The second kappa shape index (κ2) is 8.32. The van der Waals surface area contributed by atoms with Crippen LogP contribution in [0.1, 0.15) is 28.1 Å². The van der Waals surface area contributed by atoms with Crippen LogP contribution in [0.2, 0.25) is 0 Å². The van der Waals surface area contributed by atoms with Gasteiger partial charge in [0.1, 0.15) is 4.90 Å². The Morgan fingerprint density at radius 2 is 1.59 bits per heavy atom. The molecule has 2 fully saturated rings. The largest absolute Gasteiger partial charge is 0.355 e. The van der Waals surface area contributed by atoms with Gasteiger partial charge in [-0.15, -0.1) is 15.7 Å². The lowest BCUT2D eigenvalue weighted by atomic mass is 9.94. The number of benzene rings is 1. The Hall–Kier alpha value is -2.72. The number of amidine groups is 1. The minimum atomic E-state index is -3.64. The van der Waals surface area contributed by atoms with Crippen molar-refractivity contribution in [3.05, 3.63) is 52.2 Å². The molecule has 3 aliphatic rings. The smallest absolute Gasteiger partial charge is 0.285 e. The van der Waals surface area contributed by atoms with Crippen LogP contribution in [0.4, 0.5) is 0 Å². The van der Waals surface area contributed by atoms with Gasteiger partial charge in [-0.2, -0.15) is 8.42 Å². The van der Waals surface area contributed by atoms with Crippen LogP contribution in [0, 0.1) is 5.92 Å². The average molecular weight is 473 g/mol. The normalized spacial score (nSPS) is 20.8. The molecule has 32 heavy (non-hydrogen) atoms. The molecule has 8 nitrogen and oxygen atoms in total. The first kappa shape index (κ1) is 21.1. The predicted octanol–water partition coefficient (Wildman–Crippen LogP) is 1.89. The van der Waals surface area contributed by atoms with Crippen molar-refractivity contribution in [1.82, 2.24) is 14.7 Å². The lowest BCUT2D eigenvalue weighted by molar-refractivity contribution is -0.138. The highest BCUT2D eigenvalue weighted by atomic mass is 32.2. The van der Waals surface area contributed by atoms with Crippen molar-refractivity contribution in [2.75, 3.05) is 39.3 Å². The number of sulfonamides is 1. The van der Waals surface area contributed by atoms with Crippen molar-refractivity contribution >= 4 is 39.0 Å². The molecule has 4 heterocycles. The molecule has 0 N–H and O–H groups in total. The van der Waals surface area contributed by atoms with Gasteiger partial charge in [-0.25, -0.2) is 0 Å². The zero-order valence-electron chi connectivity index (χ0n) is 17.5. The Balaban J connectivity index is 1.17. The number of nitrogens with zero attached hydrogens (tertiary/aromatic N) is 4. The third-order valence-electron chi connectivity index (χ3n) is 6.37. The highest BCUT2D eigenvalue weighted by Crippen LogP contribution is 2.30. The molecule has 0 aliphatic carbocycles. The van der Waals surface area contributed by atoms with Crippen molar-refractivity contribution in [2.24, 2.45) is 10.3 Å². The van der Waals surface area contributed by atoms with E-state index in [0.717, 1.165) is 4.88 Å². The van der Waals surface area contributed by atoms with Gasteiger partial charge in [0.15, 0.2) is 5.84 Å². The number of piperidine rings is 1. The molecule has 2 aromatic rings. The van der Waals surface area contributed by atoms with Gasteiger partial charge < -0.3 is 14.7 Å². The van der Waals surface area contributed by atoms with Crippen LogP contribution in [0.15, 0.2) is 51.1 Å². The summed E-state index contributed by atoms with van der Waals surface area (Å²) >= 11 is 1.44. The number of carbonyl (C=O) groups is 2. The van der Waals surface area contributed by atoms with E-state index < -0.39 is 10.0 Å². The van der Waals surface area contributed by atoms with E-state index in [9.17, 15) is 18.0 Å². The van der Waals surface area contributed by atoms with Gasteiger partial charge in [0.05, 0.1) is 4.88 Å². The van der Waals surface area contributed by atoms with Gasteiger partial charge in [-0.05, 0) is 36.4 Å². The van der Waals surface area contributed by atoms with Crippen molar-refractivity contribution in [1.29, 1.82) is 0 Å². The van der Waals surface area contributed by atoms with E-state index in [4.69, 9.17) is 0 Å².